The summed E-state index contributed by atoms with van der Waals surface area (Å²) in [5.41, 5.74) is 17.0. The first-order chi connectivity index (χ1) is 45.6. The molecule has 0 aliphatic heterocycles. The second kappa shape index (κ2) is 22.0. The molecular weight excluding hydrogens is 1120 g/mol. The van der Waals surface area contributed by atoms with Crippen LogP contribution in [0, 0.1) is 5.92 Å². The first kappa shape index (κ1) is 53.1. The van der Waals surface area contributed by atoms with Crippen molar-refractivity contribution in [3.05, 3.63) is 345 Å². The third-order valence-electron chi connectivity index (χ3n) is 19.0. The van der Waals surface area contributed by atoms with Crippen molar-refractivity contribution in [2.24, 2.45) is 5.92 Å². The Bertz CT molecular complexity index is 5900. The SMILES string of the molecule is C1=CC2=CC=C(N(c3ccc(-c4ccccc4)cc3)c3ccc4c(ccc5ccc6c(ccc7c8ccccc8oc76)c54)c3)CC2C=C1.c1ccc(-c2ccc(N(c3ccccc3)c3ccc4c(ccc5ccc6c(ccc7c8ccccc8oc76)c54)c3)cc2)cc1. The van der Waals surface area contributed by atoms with E-state index in [1.165, 1.54) is 87.4 Å². The third kappa shape index (κ3) is 9.06. The van der Waals surface area contributed by atoms with Crippen molar-refractivity contribution in [3.63, 3.8) is 0 Å². The van der Waals surface area contributed by atoms with Gasteiger partial charge in [-0.05, 0) is 191 Å². The molecule has 0 radical (unpaired) electrons. The molecule has 2 aliphatic rings. The van der Waals surface area contributed by atoms with Gasteiger partial charge in [0.05, 0.1) is 0 Å². The molecule has 0 amide bonds. The van der Waals surface area contributed by atoms with Crippen molar-refractivity contribution in [3.8, 4) is 22.3 Å². The Morgan fingerprint density at radius 1 is 0.283 bits per heavy atom. The van der Waals surface area contributed by atoms with E-state index in [4.69, 9.17) is 8.83 Å². The molecule has 2 aromatic heterocycles. The summed E-state index contributed by atoms with van der Waals surface area (Å²) in [5.74, 6) is 0.381. The van der Waals surface area contributed by atoms with Crippen LogP contribution < -0.4 is 9.80 Å². The minimum absolute atomic E-state index is 0.381. The van der Waals surface area contributed by atoms with E-state index in [0.717, 1.165) is 89.5 Å². The number of fused-ring (bicyclic) bond motifs is 19. The Morgan fingerprint density at radius 3 is 1.22 bits per heavy atom. The molecule has 1 atom stereocenters. The van der Waals surface area contributed by atoms with E-state index in [9.17, 15) is 0 Å². The summed E-state index contributed by atoms with van der Waals surface area (Å²) in [6, 6.07) is 107. The molecule has 4 nitrogen and oxygen atoms in total. The molecule has 92 heavy (non-hydrogen) atoms. The fourth-order valence-electron chi connectivity index (χ4n) is 14.5. The van der Waals surface area contributed by atoms with Crippen LogP contribution in [0.15, 0.2) is 354 Å². The molecular formula is C88H58N2O2. The van der Waals surface area contributed by atoms with Crippen molar-refractivity contribution in [2.75, 3.05) is 9.80 Å². The van der Waals surface area contributed by atoms with Gasteiger partial charge in [-0.3, -0.25) is 0 Å². The van der Waals surface area contributed by atoms with Crippen molar-refractivity contribution in [1.29, 1.82) is 0 Å². The number of para-hydroxylation sites is 3. The smallest absolute Gasteiger partial charge is 0.143 e. The number of benzene rings is 15. The van der Waals surface area contributed by atoms with Crippen LogP contribution in [0.3, 0.4) is 0 Å². The summed E-state index contributed by atoms with van der Waals surface area (Å²) < 4.78 is 12.8. The minimum Gasteiger partial charge on any atom is -0.455 e. The van der Waals surface area contributed by atoms with Gasteiger partial charge < -0.3 is 18.6 Å². The monoisotopic (exact) mass is 1170 g/mol. The number of hydrogen-bond acceptors (Lipinski definition) is 4. The van der Waals surface area contributed by atoms with Crippen molar-refractivity contribution in [2.45, 2.75) is 6.42 Å². The zero-order chi connectivity index (χ0) is 60.6. The summed E-state index contributed by atoms with van der Waals surface area (Å²) in [6.07, 6.45) is 14.4. The summed E-state index contributed by atoms with van der Waals surface area (Å²) >= 11 is 0. The lowest BCUT2D eigenvalue weighted by Gasteiger charge is -2.33. The number of hydrogen-bond donors (Lipinski definition) is 0. The Labute approximate surface area is 532 Å². The summed E-state index contributed by atoms with van der Waals surface area (Å²) in [6.45, 7) is 0. The highest BCUT2D eigenvalue weighted by atomic mass is 16.3. The quantitative estimate of drug-likeness (QED) is 0.142. The van der Waals surface area contributed by atoms with Gasteiger partial charge in [0.2, 0.25) is 0 Å². The van der Waals surface area contributed by atoms with E-state index >= 15 is 0 Å². The van der Waals surface area contributed by atoms with Crippen molar-refractivity contribution in [1.82, 2.24) is 0 Å². The first-order valence-corrected chi connectivity index (χ1v) is 31.7. The largest absolute Gasteiger partial charge is 0.455 e. The fourth-order valence-corrected chi connectivity index (χ4v) is 14.5. The predicted octanol–water partition coefficient (Wildman–Crippen LogP) is 25.0. The molecule has 2 aliphatic carbocycles. The topological polar surface area (TPSA) is 32.8 Å². The van der Waals surface area contributed by atoms with Gasteiger partial charge in [0.1, 0.15) is 22.3 Å². The summed E-state index contributed by atoms with van der Waals surface area (Å²) in [7, 11) is 0. The Hall–Kier alpha value is -12.0. The second-order valence-electron chi connectivity index (χ2n) is 24.3. The van der Waals surface area contributed by atoms with Crippen LogP contribution in [0.25, 0.3) is 131 Å². The molecule has 0 fully saturated rings. The van der Waals surface area contributed by atoms with Crippen LogP contribution >= 0.6 is 0 Å². The van der Waals surface area contributed by atoms with Crippen LogP contribution in [0.2, 0.25) is 0 Å². The molecule has 4 heteroatoms. The van der Waals surface area contributed by atoms with Crippen LogP contribution in [0.4, 0.5) is 28.4 Å². The maximum Gasteiger partial charge on any atom is 0.143 e. The molecule has 0 spiro atoms. The molecule has 0 saturated heterocycles. The van der Waals surface area contributed by atoms with Crippen LogP contribution in [-0.2, 0) is 0 Å². The van der Waals surface area contributed by atoms with Crippen molar-refractivity contribution < 1.29 is 8.83 Å². The zero-order valence-corrected chi connectivity index (χ0v) is 50.2. The Kier molecular flexibility index (Phi) is 12.7. The Balaban J connectivity index is 0.000000136. The van der Waals surface area contributed by atoms with Crippen LogP contribution in [-0.4, -0.2) is 0 Å². The summed E-state index contributed by atoms with van der Waals surface area (Å²) in [5, 5.41) is 19.2. The molecule has 432 valence electrons. The third-order valence-corrected chi connectivity index (χ3v) is 19.0. The van der Waals surface area contributed by atoms with Crippen LogP contribution in [0.5, 0.6) is 0 Å². The maximum absolute atomic E-state index is 6.44. The number of nitrogens with zero attached hydrogens (tertiary/aromatic N) is 2. The number of rotatable bonds is 8. The highest BCUT2D eigenvalue weighted by Crippen LogP contribution is 2.45. The van der Waals surface area contributed by atoms with E-state index in [1.807, 2.05) is 18.2 Å². The molecule has 2 heterocycles. The van der Waals surface area contributed by atoms with Gasteiger partial charge in [0, 0.05) is 72.4 Å². The van der Waals surface area contributed by atoms with E-state index in [-0.39, 0.29) is 0 Å². The van der Waals surface area contributed by atoms with Gasteiger partial charge in [-0.15, -0.1) is 0 Å². The lowest BCUT2D eigenvalue weighted by atomic mass is 9.86. The second-order valence-corrected chi connectivity index (χ2v) is 24.3. The average molecular weight is 1180 g/mol. The van der Waals surface area contributed by atoms with E-state index in [2.05, 4.69) is 325 Å². The first-order valence-electron chi connectivity index (χ1n) is 31.7. The van der Waals surface area contributed by atoms with Crippen LogP contribution in [0.1, 0.15) is 6.42 Å². The highest BCUT2D eigenvalue weighted by molar-refractivity contribution is 6.28. The molecule has 0 N–H and O–H groups in total. The Morgan fingerprint density at radius 2 is 0.674 bits per heavy atom. The zero-order valence-electron chi connectivity index (χ0n) is 50.2. The maximum atomic E-state index is 6.44. The molecule has 15 aromatic carbocycles. The van der Waals surface area contributed by atoms with E-state index < -0.39 is 0 Å². The minimum atomic E-state index is 0.381. The summed E-state index contributed by atoms with van der Waals surface area (Å²) in [4.78, 5) is 4.78. The van der Waals surface area contributed by atoms with E-state index in [1.54, 1.807) is 0 Å². The average Bonchev–Trinajstić information content (AvgIpc) is 1.31. The van der Waals surface area contributed by atoms with Gasteiger partial charge in [0.25, 0.3) is 0 Å². The number of furan rings is 2. The molecule has 0 saturated carbocycles. The van der Waals surface area contributed by atoms with Gasteiger partial charge >= 0.3 is 0 Å². The predicted molar refractivity (Wildman–Crippen MR) is 389 cm³/mol. The van der Waals surface area contributed by atoms with Crippen molar-refractivity contribution >= 4 is 137 Å². The molecule has 0 bridgehead atoms. The molecule has 19 rings (SSSR count). The lowest BCUT2D eigenvalue weighted by Crippen LogP contribution is -2.21. The van der Waals surface area contributed by atoms with Gasteiger partial charge in [-0.25, -0.2) is 0 Å². The molecule has 1 unspecified atom stereocenters. The van der Waals surface area contributed by atoms with E-state index in [0.29, 0.717) is 5.92 Å². The van der Waals surface area contributed by atoms with Gasteiger partial charge in [-0.1, -0.05) is 231 Å². The fraction of sp³-hybridized carbons (Fsp3) is 0.0227. The molecule has 17 aromatic rings. The van der Waals surface area contributed by atoms with Gasteiger partial charge in [-0.2, -0.15) is 0 Å². The lowest BCUT2D eigenvalue weighted by molar-refractivity contribution is 0.672. The highest BCUT2D eigenvalue weighted by Gasteiger charge is 2.25. The normalized spacial score (nSPS) is 13.8. The van der Waals surface area contributed by atoms with Gasteiger partial charge in [0.15, 0.2) is 0 Å². The number of allylic oxidation sites excluding steroid dienone is 8. The standard InChI is InChI=1S/C46H31NO.C42H27NO/c1-2-8-30(9-3-1)32-16-20-36(21-17-32)47(37-22-18-31-10-4-5-11-34(31)28-37)38-23-25-39-35(29-38)15-14-33-19-24-43-41(45(33)39)26-27-42-40-12-6-7-13-44(40)48-46(42)43;1-3-9-28(10-4-1)29-17-20-33(21-18-29)43(32-11-5-2-6-12-32)34-22-24-35-31(27-34)16-15-30-19-23-39-37(41(30)35)25-26-38-36-13-7-8-14-40(36)44-42(38)39/h1-27,29,34H,28H2;1-27H. The number of anilines is 5.